The van der Waals surface area contributed by atoms with Crippen LogP contribution in [0.3, 0.4) is 0 Å². The fourth-order valence-corrected chi connectivity index (χ4v) is 1.10. The number of hydrogen-bond acceptors (Lipinski definition) is 2. The van der Waals surface area contributed by atoms with E-state index in [0.29, 0.717) is 11.8 Å². The fourth-order valence-electron chi connectivity index (χ4n) is 0.747. The average molecular weight is 188 g/mol. The second kappa shape index (κ2) is 6.41. The van der Waals surface area contributed by atoms with Gasteiger partial charge in [-0.1, -0.05) is 34.1 Å². The molecule has 1 nitrogen and oxygen atoms in total. The highest BCUT2D eigenvalue weighted by atomic mass is 32.1. The minimum absolute atomic E-state index is 0.569. The van der Waals surface area contributed by atoms with E-state index in [2.05, 4.69) is 27.7 Å². The van der Waals surface area contributed by atoms with Crippen LogP contribution in [-0.4, -0.2) is 11.7 Å². The molecule has 0 aromatic heterocycles. The summed E-state index contributed by atoms with van der Waals surface area (Å²) in [4.78, 5) is 0. The van der Waals surface area contributed by atoms with E-state index in [0.717, 1.165) is 18.1 Å². The molecule has 0 aliphatic heterocycles. The van der Waals surface area contributed by atoms with Crippen LogP contribution in [0.25, 0.3) is 0 Å². The normalized spacial score (nSPS) is 13.1. The van der Waals surface area contributed by atoms with Crippen LogP contribution in [0.5, 0.6) is 0 Å². The minimum atomic E-state index is 0.569. The van der Waals surface area contributed by atoms with Crippen molar-refractivity contribution in [2.75, 3.05) is 6.61 Å². The van der Waals surface area contributed by atoms with E-state index < -0.39 is 0 Å². The molecule has 72 valence electrons. The highest BCUT2D eigenvalue weighted by molar-refractivity contribution is 7.80. The SMILES string of the molecule is CCC(C)CC(=S)OCC(C)C. The monoisotopic (exact) mass is 188 g/mol. The lowest BCUT2D eigenvalue weighted by Crippen LogP contribution is -2.10. The summed E-state index contributed by atoms with van der Waals surface area (Å²) in [5.41, 5.74) is 0. The van der Waals surface area contributed by atoms with Crippen molar-refractivity contribution in [3.05, 3.63) is 0 Å². The second-order valence-corrected chi connectivity index (χ2v) is 4.25. The van der Waals surface area contributed by atoms with Crippen molar-refractivity contribution in [2.45, 2.75) is 40.5 Å². The molecular weight excluding hydrogens is 168 g/mol. The van der Waals surface area contributed by atoms with Gasteiger partial charge in [0.25, 0.3) is 0 Å². The van der Waals surface area contributed by atoms with Gasteiger partial charge in [0.2, 0.25) is 0 Å². The van der Waals surface area contributed by atoms with Crippen LogP contribution in [0.4, 0.5) is 0 Å². The van der Waals surface area contributed by atoms with Crippen molar-refractivity contribution in [2.24, 2.45) is 11.8 Å². The van der Waals surface area contributed by atoms with Gasteiger partial charge in [0.15, 0.2) is 5.05 Å². The summed E-state index contributed by atoms with van der Waals surface area (Å²) in [6.07, 6.45) is 2.10. The molecule has 0 aliphatic rings. The summed E-state index contributed by atoms with van der Waals surface area (Å²) in [7, 11) is 0. The molecule has 0 heterocycles. The van der Waals surface area contributed by atoms with Crippen LogP contribution < -0.4 is 0 Å². The van der Waals surface area contributed by atoms with Gasteiger partial charge >= 0.3 is 0 Å². The smallest absolute Gasteiger partial charge is 0.159 e. The summed E-state index contributed by atoms with van der Waals surface area (Å²) in [5.74, 6) is 1.23. The molecule has 0 N–H and O–H groups in total. The molecule has 0 saturated carbocycles. The Bertz CT molecular complexity index is 132. The van der Waals surface area contributed by atoms with Crippen LogP contribution in [0.2, 0.25) is 0 Å². The molecule has 0 radical (unpaired) electrons. The topological polar surface area (TPSA) is 9.23 Å². The Morgan fingerprint density at radius 2 is 1.92 bits per heavy atom. The zero-order valence-electron chi connectivity index (χ0n) is 8.59. The highest BCUT2D eigenvalue weighted by Crippen LogP contribution is 2.09. The summed E-state index contributed by atoms with van der Waals surface area (Å²) in [6, 6.07) is 0. The van der Waals surface area contributed by atoms with Crippen molar-refractivity contribution in [3.63, 3.8) is 0 Å². The van der Waals surface area contributed by atoms with E-state index in [1.807, 2.05) is 0 Å². The molecule has 0 rings (SSSR count). The third-order valence-electron chi connectivity index (χ3n) is 1.79. The van der Waals surface area contributed by atoms with Gasteiger partial charge in [0.1, 0.15) is 0 Å². The average Bonchev–Trinajstić information content (AvgIpc) is 2.00. The lowest BCUT2D eigenvalue weighted by atomic mass is 10.1. The van der Waals surface area contributed by atoms with Gasteiger partial charge in [0, 0.05) is 6.42 Å². The fraction of sp³-hybridized carbons (Fsp3) is 0.900. The Morgan fingerprint density at radius 1 is 1.33 bits per heavy atom. The summed E-state index contributed by atoms with van der Waals surface area (Å²) >= 11 is 5.09. The van der Waals surface area contributed by atoms with Crippen LogP contribution in [-0.2, 0) is 4.74 Å². The first-order valence-corrected chi connectivity index (χ1v) is 5.12. The maximum absolute atomic E-state index is 5.41. The third kappa shape index (κ3) is 6.59. The molecule has 1 unspecified atom stereocenters. The predicted molar refractivity (Wildman–Crippen MR) is 57.5 cm³/mol. The molecule has 12 heavy (non-hydrogen) atoms. The number of thiocarbonyl (C=S) groups is 1. The molecule has 1 atom stereocenters. The van der Waals surface area contributed by atoms with E-state index in [-0.39, 0.29) is 0 Å². The van der Waals surface area contributed by atoms with E-state index in [1.165, 1.54) is 6.42 Å². The Balaban J connectivity index is 3.46. The quantitative estimate of drug-likeness (QED) is 0.611. The van der Waals surface area contributed by atoms with Crippen molar-refractivity contribution < 1.29 is 4.74 Å². The molecule has 0 saturated heterocycles. The molecule has 2 heteroatoms. The Kier molecular flexibility index (Phi) is 6.35. The largest absolute Gasteiger partial charge is 0.487 e. The zero-order chi connectivity index (χ0) is 9.56. The van der Waals surface area contributed by atoms with Crippen LogP contribution in [0, 0.1) is 11.8 Å². The summed E-state index contributed by atoms with van der Waals surface area (Å²) in [6.45, 7) is 9.40. The third-order valence-corrected chi connectivity index (χ3v) is 2.07. The van der Waals surface area contributed by atoms with Gasteiger partial charge in [0.05, 0.1) is 6.61 Å². The Morgan fingerprint density at radius 3 is 2.33 bits per heavy atom. The van der Waals surface area contributed by atoms with E-state index >= 15 is 0 Å². The van der Waals surface area contributed by atoms with Gasteiger partial charge in [-0.15, -0.1) is 0 Å². The van der Waals surface area contributed by atoms with Crippen molar-refractivity contribution in [1.82, 2.24) is 0 Å². The molecule has 0 aliphatic carbocycles. The molecular formula is C10H20OS. The maximum atomic E-state index is 5.41. The van der Waals surface area contributed by atoms with Gasteiger partial charge in [-0.25, -0.2) is 0 Å². The number of hydrogen-bond donors (Lipinski definition) is 0. The molecule has 0 aromatic carbocycles. The Labute approximate surface area is 81.5 Å². The van der Waals surface area contributed by atoms with Gasteiger partial charge < -0.3 is 4.74 Å². The van der Waals surface area contributed by atoms with Gasteiger partial charge in [-0.3, -0.25) is 0 Å². The lowest BCUT2D eigenvalue weighted by Gasteiger charge is -2.12. The van der Waals surface area contributed by atoms with E-state index in [4.69, 9.17) is 17.0 Å². The lowest BCUT2D eigenvalue weighted by molar-refractivity contribution is 0.254. The standard InChI is InChI=1S/C10H20OS/c1-5-9(4)6-10(12)11-7-8(2)3/h8-9H,5-7H2,1-4H3. The molecule has 0 spiro atoms. The minimum Gasteiger partial charge on any atom is -0.487 e. The van der Waals surface area contributed by atoms with Crippen LogP contribution in [0.15, 0.2) is 0 Å². The Hall–Kier alpha value is -0.110. The predicted octanol–water partition coefficient (Wildman–Crippen LogP) is 3.42. The molecule has 0 amide bonds. The first-order chi connectivity index (χ1) is 5.56. The van der Waals surface area contributed by atoms with E-state index in [1.54, 1.807) is 0 Å². The van der Waals surface area contributed by atoms with Gasteiger partial charge in [-0.2, -0.15) is 0 Å². The van der Waals surface area contributed by atoms with Crippen molar-refractivity contribution >= 4 is 17.3 Å². The highest BCUT2D eigenvalue weighted by Gasteiger charge is 2.05. The maximum Gasteiger partial charge on any atom is 0.159 e. The zero-order valence-corrected chi connectivity index (χ0v) is 9.41. The van der Waals surface area contributed by atoms with E-state index in [9.17, 15) is 0 Å². The van der Waals surface area contributed by atoms with Crippen LogP contribution >= 0.6 is 12.2 Å². The summed E-state index contributed by atoms with van der Waals surface area (Å²) < 4.78 is 5.41. The number of rotatable bonds is 5. The summed E-state index contributed by atoms with van der Waals surface area (Å²) in [5, 5.41) is 0.776. The first-order valence-electron chi connectivity index (χ1n) is 4.71. The molecule has 0 bridgehead atoms. The van der Waals surface area contributed by atoms with Crippen molar-refractivity contribution in [3.8, 4) is 0 Å². The second-order valence-electron chi connectivity index (χ2n) is 3.79. The molecule has 0 fully saturated rings. The van der Waals surface area contributed by atoms with Crippen molar-refractivity contribution in [1.29, 1.82) is 0 Å². The molecule has 0 aromatic rings. The van der Waals surface area contributed by atoms with Gasteiger partial charge in [-0.05, 0) is 24.1 Å². The first kappa shape index (κ1) is 11.9. The van der Waals surface area contributed by atoms with Crippen LogP contribution in [0.1, 0.15) is 40.5 Å². The number of ether oxygens (including phenoxy) is 1.